The summed E-state index contributed by atoms with van der Waals surface area (Å²) in [6, 6.07) is 11.0. The van der Waals surface area contributed by atoms with Crippen molar-refractivity contribution in [2.75, 3.05) is 20.3 Å². The smallest absolute Gasteiger partial charge is 0.310 e. The van der Waals surface area contributed by atoms with Crippen LogP contribution in [0.5, 0.6) is 0 Å². The molecule has 1 aromatic heterocycles. The standard InChI is InChI=1S/C22H26FNO3/c1-26-22(25)21-19(13-18-7-8-20(21)24(18)11-2-10-23)16-5-3-15(4-6-16)17-9-12-27-14-17/h3-6,9,12,14,18-21H,2,7-8,10-11,13H2,1H3/t18-,19+,20+,21-/m0/s1. The van der Waals surface area contributed by atoms with Crippen molar-refractivity contribution in [3.8, 4) is 11.1 Å². The molecule has 3 heterocycles. The van der Waals surface area contributed by atoms with Gasteiger partial charge in [-0.3, -0.25) is 14.1 Å². The number of alkyl halides is 1. The third-order valence-electron chi connectivity index (χ3n) is 6.28. The minimum Gasteiger partial charge on any atom is -0.472 e. The average molecular weight is 371 g/mol. The molecule has 1 aromatic carbocycles. The third-order valence-corrected chi connectivity index (χ3v) is 6.28. The summed E-state index contributed by atoms with van der Waals surface area (Å²) in [5.41, 5.74) is 3.33. The van der Waals surface area contributed by atoms with E-state index in [1.54, 1.807) is 12.5 Å². The highest BCUT2D eigenvalue weighted by Crippen LogP contribution is 2.47. The lowest BCUT2D eigenvalue weighted by Gasteiger charge is -2.43. The Balaban J connectivity index is 1.60. The highest BCUT2D eigenvalue weighted by Gasteiger charge is 2.50. The fraction of sp³-hybridized carbons (Fsp3) is 0.500. The first-order valence-electron chi connectivity index (χ1n) is 9.75. The number of hydrogen-bond acceptors (Lipinski definition) is 4. The summed E-state index contributed by atoms with van der Waals surface area (Å²) >= 11 is 0. The van der Waals surface area contributed by atoms with Crippen LogP contribution in [0.15, 0.2) is 47.3 Å². The highest BCUT2D eigenvalue weighted by atomic mass is 19.1. The van der Waals surface area contributed by atoms with Gasteiger partial charge in [0.2, 0.25) is 0 Å². The summed E-state index contributed by atoms with van der Waals surface area (Å²) in [6.45, 7) is 0.420. The van der Waals surface area contributed by atoms with Crippen molar-refractivity contribution in [2.24, 2.45) is 5.92 Å². The first-order valence-corrected chi connectivity index (χ1v) is 9.75. The van der Waals surface area contributed by atoms with Gasteiger partial charge in [-0.2, -0.15) is 0 Å². The number of carbonyl (C=O) groups is 1. The molecule has 4 rings (SSSR count). The predicted octanol–water partition coefficient (Wildman–Crippen LogP) is 4.42. The Kier molecular flexibility index (Phi) is 5.30. The van der Waals surface area contributed by atoms with Crippen LogP contribution in [-0.2, 0) is 9.53 Å². The Hall–Kier alpha value is -2.14. The second-order valence-corrected chi connectivity index (χ2v) is 7.60. The Morgan fingerprint density at radius 2 is 2.04 bits per heavy atom. The molecule has 2 aliphatic heterocycles. The fourth-order valence-corrected chi connectivity index (χ4v) is 5.06. The van der Waals surface area contributed by atoms with Gasteiger partial charge in [0, 0.05) is 30.1 Å². The molecule has 5 heteroatoms. The minimum atomic E-state index is -0.308. The predicted molar refractivity (Wildman–Crippen MR) is 101 cm³/mol. The number of esters is 1. The van der Waals surface area contributed by atoms with E-state index in [1.807, 2.05) is 6.07 Å². The molecule has 0 amide bonds. The maximum absolute atomic E-state index is 12.7. The van der Waals surface area contributed by atoms with E-state index in [0.29, 0.717) is 12.5 Å². The normalized spacial score (nSPS) is 27.6. The van der Waals surface area contributed by atoms with E-state index in [4.69, 9.17) is 9.15 Å². The molecule has 4 atom stereocenters. The minimum absolute atomic E-state index is 0.144. The molecular formula is C22H26FNO3. The first kappa shape index (κ1) is 18.2. The van der Waals surface area contributed by atoms with Crippen LogP contribution in [0, 0.1) is 5.92 Å². The molecule has 4 nitrogen and oxygen atoms in total. The van der Waals surface area contributed by atoms with Gasteiger partial charge in [-0.1, -0.05) is 24.3 Å². The molecule has 2 bridgehead atoms. The van der Waals surface area contributed by atoms with Gasteiger partial charge in [-0.15, -0.1) is 0 Å². The third kappa shape index (κ3) is 3.41. The zero-order chi connectivity index (χ0) is 18.8. The maximum atomic E-state index is 12.7. The molecule has 0 N–H and O–H groups in total. The van der Waals surface area contributed by atoms with E-state index in [2.05, 4.69) is 29.2 Å². The van der Waals surface area contributed by atoms with Gasteiger partial charge in [-0.25, -0.2) is 0 Å². The van der Waals surface area contributed by atoms with Crippen molar-refractivity contribution in [2.45, 2.75) is 43.7 Å². The number of ether oxygens (including phenoxy) is 1. The molecule has 0 unspecified atom stereocenters. The molecule has 2 aliphatic rings. The molecule has 144 valence electrons. The zero-order valence-corrected chi connectivity index (χ0v) is 15.6. The van der Waals surface area contributed by atoms with E-state index >= 15 is 0 Å². The Bertz CT molecular complexity index is 758. The summed E-state index contributed by atoms with van der Waals surface area (Å²) in [7, 11) is 1.47. The summed E-state index contributed by atoms with van der Waals surface area (Å²) in [4.78, 5) is 15.0. The molecule has 0 spiro atoms. The number of furan rings is 1. The zero-order valence-electron chi connectivity index (χ0n) is 15.6. The molecule has 2 fully saturated rings. The van der Waals surface area contributed by atoms with Crippen LogP contribution < -0.4 is 0 Å². The average Bonchev–Trinajstić information content (AvgIpc) is 3.33. The lowest BCUT2D eigenvalue weighted by molar-refractivity contribution is -0.150. The fourth-order valence-electron chi connectivity index (χ4n) is 5.06. The molecule has 0 radical (unpaired) electrons. The molecule has 27 heavy (non-hydrogen) atoms. The summed E-state index contributed by atoms with van der Waals surface area (Å²) < 4.78 is 23.1. The number of piperidine rings is 1. The van der Waals surface area contributed by atoms with Crippen molar-refractivity contribution >= 4 is 5.97 Å². The summed E-state index contributed by atoms with van der Waals surface area (Å²) in [5, 5.41) is 0. The van der Waals surface area contributed by atoms with Gasteiger partial charge in [0.05, 0.1) is 32.2 Å². The van der Waals surface area contributed by atoms with E-state index in [9.17, 15) is 9.18 Å². The van der Waals surface area contributed by atoms with E-state index in [-0.39, 0.29) is 30.5 Å². The molecular weight excluding hydrogens is 345 g/mol. The maximum Gasteiger partial charge on any atom is 0.310 e. The number of fused-ring (bicyclic) bond motifs is 2. The Morgan fingerprint density at radius 1 is 1.22 bits per heavy atom. The molecule has 2 aromatic rings. The van der Waals surface area contributed by atoms with Crippen LogP contribution in [0.3, 0.4) is 0 Å². The monoisotopic (exact) mass is 371 g/mol. The van der Waals surface area contributed by atoms with Crippen molar-refractivity contribution in [1.82, 2.24) is 4.90 Å². The van der Waals surface area contributed by atoms with Crippen molar-refractivity contribution in [3.05, 3.63) is 48.4 Å². The SMILES string of the molecule is COC(=O)[C@H]1[C@@H](c2ccc(-c3ccoc3)cc2)C[C@@H]2CC[C@H]1N2CCCF. The molecule has 0 saturated carbocycles. The largest absolute Gasteiger partial charge is 0.472 e. The number of carbonyl (C=O) groups excluding carboxylic acids is 1. The van der Waals surface area contributed by atoms with Gasteiger partial charge in [0.15, 0.2) is 0 Å². The lowest BCUT2D eigenvalue weighted by atomic mass is 9.75. The van der Waals surface area contributed by atoms with Crippen LogP contribution in [0.4, 0.5) is 4.39 Å². The van der Waals surface area contributed by atoms with Gasteiger partial charge in [0.1, 0.15) is 0 Å². The van der Waals surface area contributed by atoms with Crippen molar-refractivity contribution in [1.29, 1.82) is 0 Å². The number of rotatable bonds is 6. The topological polar surface area (TPSA) is 42.7 Å². The number of nitrogens with zero attached hydrogens (tertiary/aromatic N) is 1. The van der Waals surface area contributed by atoms with Crippen LogP contribution in [0.25, 0.3) is 11.1 Å². The first-order chi connectivity index (χ1) is 13.2. The van der Waals surface area contributed by atoms with E-state index in [1.165, 1.54) is 12.7 Å². The van der Waals surface area contributed by atoms with Gasteiger partial charge in [-0.05, 0) is 42.9 Å². The number of hydrogen-bond donors (Lipinski definition) is 0. The van der Waals surface area contributed by atoms with E-state index in [0.717, 1.165) is 36.9 Å². The Morgan fingerprint density at radius 3 is 2.70 bits per heavy atom. The molecule has 0 aliphatic carbocycles. The highest BCUT2D eigenvalue weighted by molar-refractivity contribution is 5.75. The van der Waals surface area contributed by atoms with Gasteiger partial charge < -0.3 is 9.15 Å². The van der Waals surface area contributed by atoms with E-state index < -0.39 is 0 Å². The second kappa shape index (κ2) is 7.85. The van der Waals surface area contributed by atoms with Crippen LogP contribution in [0.1, 0.15) is 37.2 Å². The van der Waals surface area contributed by atoms with Crippen LogP contribution in [-0.4, -0.2) is 43.3 Å². The van der Waals surface area contributed by atoms with Crippen LogP contribution in [0.2, 0.25) is 0 Å². The number of benzene rings is 1. The number of methoxy groups -OCH3 is 1. The van der Waals surface area contributed by atoms with Gasteiger partial charge >= 0.3 is 5.97 Å². The van der Waals surface area contributed by atoms with Crippen LogP contribution >= 0.6 is 0 Å². The van der Waals surface area contributed by atoms with Crippen molar-refractivity contribution in [3.63, 3.8) is 0 Å². The molecule has 2 saturated heterocycles. The van der Waals surface area contributed by atoms with Gasteiger partial charge in [0.25, 0.3) is 0 Å². The summed E-state index contributed by atoms with van der Waals surface area (Å²) in [6.07, 6.45) is 6.92. The quantitative estimate of drug-likeness (QED) is 0.705. The van der Waals surface area contributed by atoms with Crippen molar-refractivity contribution < 1.29 is 18.3 Å². The summed E-state index contributed by atoms with van der Waals surface area (Å²) in [5.74, 6) is -0.183. The lowest BCUT2D eigenvalue weighted by Crippen LogP contribution is -2.51. The second-order valence-electron chi connectivity index (χ2n) is 7.60. The Labute approximate surface area is 159 Å². The number of halogens is 1.